The summed E-state index contributed by atoms with van der Waals surface area (Å²) in [7, 11) is 0. The molecule has 2 aliphatic heterocycles. The maximum atomic E-state index is 13.6. The summed E-state index contributed by atoms with van der Waals surface area (Å²) in [5, 5.41) is 64.0. The fourth-order valence-corrected chi connectivity index (χ4v) is 7.31. The van der Waals surface area contributed by atoms with Crippen LogP contribution in [0.1, 0.15) is 78.1 Å². The van der Waals surface area contributed by atoms with Gasteiger partial charge in [0.15, 0.2) is 18.7 Å². The number of alkyl halides is 3. The lowest BCUT2D eigenvalue weighted by Crippen LogP contribution is -2.68. The average molecular weight is 702 g/mol. The number of amides is 1. The largest absolute Gasteiger partial charge is 0.479 e. The van der Waals surface area contributed by atoms with Gasteiger partial charge in [0.2, 0.25) is 0 Å². The molecular formula is C31H50F3NO13. The average Bonchev–Trinajstić information content (AvgIpc) is 3.05. The zero-order valence-corrected chi connectivity index (χ0v) is 27.1. The van der Waals surface area contributed by atoms with Gasteiger partial charge in [-0.3, -0.25) is 4.79 Å². The van der Waals surface area contributed by atoms with Crippen molar-refractivity contribution in [3.05, 3.63) is 0 Å². The number of halogens is 3. The number of hydrogen-bond acceptors (Lipinski definition) is 12. The standard InChI is InChI=1S/C31H50F3NO13/c1-3-16-10-7-11-17(25(16)48-29-24(40)23(39)21(37)14(2)44-29)46-28-20(35-30(43)31(32,33)34)26(22(38)19(13-36)47-28)45-18(27(41)42)12-15-8-5-4-6-9-15/h14-26,28-29,36-40H,3-13H2,1-2H3,(H,35,43)(H,41,42). The van der Waals surface area contributed by atoms with Crippen LogP contribution < -0.4 is 5.32 Å². The molecule has 14 unspecified atom stereocenters. The first kappa shape index (κ1) is 39.1. The first-order chi connectivity index (χ1) is 22.7. The second-order valence-electron chi connectivity index (χ2n) is 13.4. The third-order valence-electron chi connectivity index (χ3n) is 10.1. The number of carboxylic acids is 1. The van der Waals surface area contributed by atoms with Crippen molar-refractivity contribution in [3.63, 3.8) is 0 Å². The van der Waals surface area contributed by atoms with Gasteiger partial charge >= 0.3 is 18.1 Å². The summed E-state index contributed by atoms with van der Waals surface area (Å²) >= 11 is 0. The molecule has 0 aromatic carbocycles. The van der Waals surface area contributed by atoms with Crippen molar-refractivity contribution in [1.29, 1.82) is 0 Å². The maximum absolute atomic E-state index is 13.6. The van der Waals surface area contributed by atoms with Crippen molar-refractivity contribution in [2.75, 3.05) is 6.61 Å². The Morgan fingerprint density at radius 3 is 2.17 bits per heavy atom. The summed E-state index contributed by atoms with van der Waals surface area (Å²) in [6.45, 7) is 2.50. The number of carboxylic acid groups (broad SMARTS) is 1. The molecule has 1 amide bonds. The highest BCUT2D eigenvalue weighted by Gasteiger charge is 2.53. The van der Waals surface area contributed by atoms with E-state index < -0.39 is 104 Å². The molecule has 278 valence electrons. The third-order valence-corrected chi connectivity index (χ3v) is 10.1. The van der Waals surface area contributed by atoms with Gasteiger partial charge in [-0.15, -0.1) is 0 Å². The monoisotopic (exact) mass is 701 g/mol. The number of rotatable bonds is 12. The fraction of sp³-hybridized carbons (Fsp3) is 0.935. The molecule has 0 bridgehead atoms. The van der Waals surface area contributed by atoms with E-state index in [0.717, 1.165) is 32.1 Å². The summed E-state index contributed by atoms with van der Waals surface area (Å²) in [5.74, 6) is -4.08. The number of aliphatic hydroxyl groups is 5. The van der Waals surface area contributed by atoms with Crippen molar-refractivity contribution in [1.82, 2.24) is 5.32 Å². The van der Waals surface area contributed by atoms with Gasteiger partial charge in [-0.1, -0.05) is 51.9 Å². The van der Waals surface area contributed by atoms with Crippen molar-refractivity contribution < 1.29 is 77.1 Å². The summed E-state index contributed by atoms with van der Waals surface area (Å²) in [6, 6.07) is -1.89. The molecule has 0 aromatic heterocycles. The van der Waals surface area contributed by atoms with E-state index in [2.05, 4.69) is 0 Å². The van der Waals surface area contributed by atoms with Crippen molar-refractivity contribution in [3.8, 4) is 0 Å². The second kappa shape index (κ2) is 17.0. The predicted octanol–water partition coefficient (Wildman–Crippen LogP) is 0.728. The molecule has 2 aliphatic carbocycles. The quantitative estimate of drug-likeness (QED) is 0.150. The van der Waals surface area contributed by atoms with Crippen molar-refractivity contribution in [2.24, 2.45) is 11.8 Å². The molecular weight excluding hydrogens is 651 g/mol. The molecule has 4 fully saturated rings. The summed E-state index contributed by atoms with van der Waals surface area (Å²) in [6.07, 6.45) is -16.4. The second-order valence-corrected chi connectivity index (χ2v) is 13.4. The number of carbonyl (C=O) groups excluding carboxylic acids is 1. The van der Waals surface area contributed by atoms with Crippen LogP contribution in [0, 0.1) is 11.8 Å². The van der Waals surface area contributed by atoms with Crippen molar-refractivity contribution >= 4 is 11.9 Å². The Balaban J connectivity index is 1.63. The summed E-state index contributed by atoms with van der Waals surface area (Å²) < 4.78 is 70.3. The normalized spacial score (nSPS) is 40.7. The van der Waals surface area contributed by atoms with E-state index in [0.29, 0.717) is 19.3 Å². The van der Waals surface area contributed by atoms with Gasteiger partial charge in [0.25, 0.3) is 0 Å². The van der Waals surface area contributed by atoms with Gasteiger partial charge in [0.05, 0.1) is 24.9 Å². The van der Waals surface area contributed by atoms with E-state index in [4.69, 9.17) is 23.7 Å². The van der Waals surface area contributed by atoms with Crippen LogP contribution in [0.2, 0.25) is 0 Å². The van der Waals surface area contributed by atoms with Crippen LogP contribution in [0.5, 0.6) is 0 Å². The minimum absolute atomic E-state index is 0.0219. The van der Waals surface area contributed by atoms with Gasteiger partial charge < -0.3 is 59.6 Å². The Kier molecular flexibility index (Phi) is 13.9. The molecule has 4 aliphatic rings. The van der Waals surface area contributed by atoms with Crippen LogP contribution in [0.25, 0.3) is 0 Å². The molecule has 2 heterocycles. The molecule has 4 rings (SSSR count). The van der Waals surface area contributed by atoms with Crippen molar-refractivity contribution in [2.45, 2.75) is 164 Å². The molecule has 48 heavy (non-hydrogen) atoms. The van der Waals surface area contributed by atoms with Crippen LogP contribution >= 0.6 is 0 Å². The van der Waals surface area contributed by atoms with Crippen LogP contribution in [0.3, 0.4) is 0 Å². The highest BCUT2D eigenvalue weighted by Crippen LogP contribution is 2.38. The van der Waals surface area contributed by atoms with Gasteiger partial charge in [0.1, 0.15) is 42.7 Å². The highest BCUT2D eigenvalue weighted by molar-refractivity contribution is 5.82. The lowest BCUT2D eigenvalue weighted by atomic mass is 9.82. The lowest BCUT2D eigenvalue weighted by molar-refractivity contribution is -0.337. The fourth-order valence-electron chi connectivity index (χ4n) is 7.31. The lowest BCUT2D eigenvalue weighted by Gasteiger charge is -2.48. The number of ether oxygens (including phenoxy) is 5. The van der Waals surface area contributed by atoms with Crippen LogP contribution in [0.15, 0.2) is 0 Å². The number of aliphatic carboxylic acids is 1. The Morgan fingerprint density at radius 2 is 1.56 bits per heavy atom. The van der Waals surface area contributed by atoms with Crippen LogP contribution in [0.4, 0.5) is 13.2 Å². The van der Waals surface area contributed by atoms with Gasteiger partial charge in [-0.25, -0.2) is 4.79 Å². The first-order valence-electron chi connectivity index (χ1n) is 16.9. The number of carbonyl (C=O) groups is 2. The molecule has 14 nitrogen and oxygen atoms in total. The van der Waals surface area contributed by atoms with E-state index in [9.17, 15) is 53.4 Å². The SMILES string of the molecule is CCC1CCCC(OC2OC(CO)C(O)C(OC(CC3CCCCC3)C(=O)O)C2NC(=O)C(F)(F)F)C1OC1OC(C)C(O)C(O)C1O. The maximum Gasteiger partial charge on any atom is 0.471 e. The van der Waals surface area contributed by atoms with E-state index in [1.807, 2.05) is 6.92 Å². The Morgan fingerprint density at radius 1 is 0.875 bits per heavy atom. The highest BCUT2D eigenvalue weighted by atomic mass is 19.4. The van der Waals surface area contributed by atoms with E-state index in [1.54, 1.807) is 5.32 Å². The Labute approximate surface area is 276 Å². The first-order valence-corrected chi connectivity index (χ1v) is 16.9. The molecule has 0 radical (unpaired) electrons. The molecule has 0 aromatic rings. The van der Waals surface area contributed by atoms with E-state index in [-0.39, 0.29) is 24.7 Å². The number of hydrogen-bond donors (Lipinski definition) is 7. The minimum Gasteiger partial charge on any atom is -0.479 e. The predicted molar refractivity (Wildman–Crippen MR) is 157 cm³/mol. The molecule has 7 N–H and O–H groups in total. The zero-order chi connectivity index (χ0) is 35.3. The number of aliphatic hydroxyl groups excluding tert-OH is 5. The van der Waals surface area contributed by atoms with Gasteiger partial charge in [0, 0.05) is 0 Å². The van der Waals surface area contributed by atoms with E-state index in [1.165, 1.54) is 6.92 Å². The van der Waals surface area contributed by atoms with Gasteiger partial charge in [-0.05, 0) is 38.0 Å². The van der Waals surface area contributed by atoms with Crippen LogP contribution in [-0.2, 0) is 33.3 Å². The molecule has 14 atom stereocenters. The summed E-state index contributed by atoms with van der Waals surface area (Å²) in [4.78, 5) is 24.6. The van der Waals surface area contributed by atoms with Gasteiger partial charge in [-0.2, -0.15) is 13.2 Å². The van der Waals surface area contributed by atoms with Crippen LogP contribution in [-0.4, -0.2) is 135 Å². The zero-order valence-electron chi connectivity index (χ0n) is 27.1. The number of nitrogens with one attached hydrogen (secondary N) is 1. The minimum atomic E-state index is -5.37. The Hall–Kier alpha value is -1.67. The Bertz CT molecular complexity index is 1050. The third kappa shape index (κ3) is 9.35. The summed E-state index contributed by atoms with van der Waals surface area (Å²) in [5.41, 5.74) is 0. The topological polar surface area (TPSA) is 214 Å². The molecule has 2 saturated carbocycles. The molecule has 0 spiro atoms. The molecule has 2 saturated heterocycles. The molecule has 17 heteroatoms. The van der Waals surface area contributed by atoms with E-state index >= 15 is 0 Å². The smallest absolute Gasteiger partial charge is 0.471 e.